The average molecular weight is 219 g/mol. The highest BCUT2D eigenvalue weighted by Gasteiger charge is 2.10. The van der Waals surface area contributed by atoms with Gasteiger partial charge in [0.1, 0.15) is 5.75 Å². The number of ether oxygens (including phenoxy) is 1. The Labute approximate surface area is 95.7 Å². The molecule has 1 aromatic carbocycles. The maximum absolute atomic E-state index is 5.20. The van der Waals surface area contributed by atoms with Crippen molar-refractivity contribution in [3.05, 3.63) is 29.8 Å². The normalized spacial score (nSPS) is 16.2. The van der Waals surface area contributed by atoms with Gasteiger partial charge >= 0.3 is 0 Å². The zero-order valence-corrected chi connectivity index (χ0v) is 9.66. The fourth-order valence-corrected chi connectivity index (χ4v) is 1.69. The van der Waals surface area contributed by atoms with E-state index in [0.717, 1.165) is 24.8 Å². The molecule has 2 rings (SSSR count). The molecule has 0 amide bonds. The van der Waals surface area contributed by atoms with Gasteiger partial charge in [-0.2, -0.15) is 0 Å². The summed E-state index contributed by atoms with van der Waals surface area (Å²) < 4.78 is 5.20. The molecule has 4 heteroatoms. The highest BCUT2D eigenvalue weighted by molar-refractivity contribution is 5.81. The minimum absolute atomic E-state index is 0.222. The van der Waals surface area contributed by atoms with E-state index in [0.29, 0.717) is 0 Å². The molecule has 0 radical (unpaired) electrons. The number of nitrogens with zero attached hydrogens (tertiary/aromatic N) is 1. The van der Waals surface area contributed by atoms with Gasteiger partial charge in [0.25, 0.3) is 0 Å². The van der Waals surface area contributed by atoms with Crippen LogP contribution in [0, 0.1) is 0 Å². The summed E-state index contributed by atoms with van der Waals surface area (Å²) in [4.78, 5) is 4.31. The van der Waals surface area contributed by atoms with Gasteiger partial charge in [-0.3, -0.25) is 4.99 Å². The Bertz CT molecular complexity index is 390. The number of aliphatic imine (C=N–C) groups is 1. The summed E-state index contributed by atoms with van der Waals surface area (Å²) in [6.07, 6.45) is 0. The quantitative estimate of drug-likeness (QED) is 0.805. The first-order chi connectivity index (χ1) is 7.79. The summed E-state index contributed by atoms with van der Waals surface area (Å²) in [5, 5.41) is 6.52. The summed E-state index contributed by atoms with van der Waals surface area (Å²) >= 11 is 0. The van der Waals surface area contributed by atoms with E-state index in [4.69, 9.17) is 4.74 Å². The predicted molar refractivity (Wildman–Crippen MR) is 64.8 cm³/mol. The number of hydrogen-bond acceptors (Lipinski definition) is 4. The van der Waals surface area contributed by atoms with Crippen molar-refractivity contribution < 1.29 is 4.74 Å². The number of hydrogen-bond donors (Lipinski definition) is 2. The van der Waals surface area contributed by atoms with Crippen LogP contribution in [-0.2, 0) is 0 Å². The van der Waals surface area contributed by atoms with Crippen molar-refractivity contribution in [3.8, 4) is 5.75 Å². The summed E-state index contributed by atoms with van der Waals surface area (Å²) in [6.45, 7) is 3.89. The lowest BCUT2D eigenvalue weighted by atomic mass is 10.1. The van der Waals surface area contributed by atoms with Crippen molar-refractivity contribution in [2.24, 2.45) is 4.99 Å². The van der Waals surface area contributed by atoms with Crippen molar-refractivity contribution >= 4 is 5.96 Å². The number of benzene rings is 1. The van der Waals surface area contributed by atoms with Crippen LogP contribution in [0.2, 0.25) is 0 Å². The van der Waals surface area contributed by atoms with Crippen LogP contribution in [-0.4, -0.2) is 26.2 Å². The first-order valence-corrected chi connectivity index (χ1v) is 5.48. The van der Waals surface area contributed by atoms with E-state index in [2.05, 4.69) is 28.6 Å². The minimum Gasteiger partial charge on any atom is -0.497 e. The molecule has 0 unspecified atom stereocenters. The summed E-state index contributed by atoms with van der Waals surface area (Å²) in [6, 6.07) is 8.28. The molecule has 0 saturated heterocycles. The zero-order valence-electron chi connectivity index (χ0n) is 9.66. The number of rotatable bonds is 3. The fourth-order valence-electron chi connectivity index (χ4n) is 1.69. The molecular formula is C12H17N3O. The number of guanidine groups is 1. The molecule has 86 valence electrons. The first-order valence-electron chi connectivity index (χ1n) is 5.48. The molecule has 1 heterocycles. The predicted octanol–water partition coefficient (Wildman–Crippen LogP) is 1.30. The Hall–Kier alpha value is -1.71. The molecule has 2 N–H and O–H groups in total. The van der Waals surface area contributed by atoms with E-state index in [1.807, 2.05) is 18.2 Å². The molecule has 0 bridgehead atoms. The molecule has 1 atom stereocenters. The van der Waals surface area contributed by atoms with Gasteiger partial charge in [0.05, 0.1) is 19.7 Å². The molecule has 0 saturated carbocycles. The molecule has 0 aromatic heterocycles. The SMILES string of the molecule is COc1cccc([C@@H](C)NC2=NCCN2)c1. The van der Waals surface area contributed by atoms with Crippen molar-refractivity contribution in [3.63, 3.8) is 0 Å². The molecule has 1 aliphatic rings. The second-order valence-corrected chi connectivity index (χ2v) is 3.80. The van der Waals surface area contributed by atoms with Gasteiger partial charge in [0.15, 0.2) is 5.96 Å². The molecule has 1 aromatic rings. The smallest absolute Gasteiger partial charge is 0.191 e. The van der Waals surface area contributed by atoms with Crippen LogP contribution in [0.15, 0.2) is 29.3 Å². The van der Waals surface area contributed by atoms with Crippen LogP contribution in [0.4, 0.5) is 0 Å². The van der Waals surface area contributed by atoms with E-state index in [-0.39, 0.29) is 6.04 Å². The van der Waals surface area contributed by atoms with Crippen LogP contribution >= 0.6 is 0 Å². The third-order valence-electron chi connectivity index (χ3n) is 2.62. The van der Waals surface area contributed by atoms with E-state index in [1.54, 1.807) is 7.11 Å². The molecule has 4 nitrogen and oxygen atoms in total. The second kappa shape index (κ2) is 4.88. The molecule has 1 aliphatic heterocycles. The monoisotopic (exact) mass is 219 g/mol. The average Bonchev–Trinajstić information content (AvgIpc) is 2.82. The van der Waals surface area contributed by atoms with Crippen LogP contribution < -0.4 is 15.4 Å². The largest absolute Gasteiger partial charge is 0.497 e. The van der Waals surface area contributed by atoms with Gasteiger partial charge in [-0.15, -0.1) is 0 Å². The van der Waals surface area contributed by atoms with E-state index < -0.39 is 0 Å². The fraction of sp³-hybridized carbons (Fsp3) is 0.417. The lowest BCUT2D eigenvalue weighted by Crippen LogP contribution is -2.35. The Kier molecular flexibility index (Phi) is 3.29. The Morgan fingerprint density at radius 1 is 1.50 bits per heavy atom. The third kappa shape index (κ3) is 2.45. The van der Waals surface area contributed by atoms with Crippen molar-refractivity contribution in [2.75, 3.05) is 20.2 Å². The van der Waals surface area contributed by atoms with E-state index >= 15 is 0 Å². The van der Waals surface area contributed by atoms with Gasteiger partial charge in [-0.05, 0) is 24.6 Å². The van der Waals surface area contributed by atoms with Crippen molar-refractivity contribution in [1.82, 2.24) is 10.6 Å². The van der Waals surface area contributed by atoms with Crippen LogP contribution in [0.25, 0.3) is 0 Å². The number of nitrogens with one attached hydrogen (secondary N) is 2. The van der Waals surface area contributed by atoms with E-state index in [9.17, 15) is 0 Å². The highest BCUT2D eigenvalue weighted by Crippen LogP contribution is 2.18. The van der Waals surface area contributed by atoms with Crippen LogP contribution in [0.1, 0.15) is 18.5 Å². The minimum atomic E-state index is 0.222. The molecule has 0 spiro atoms. The molecule has 0 aliphatic carbocycles. The maximum Gasteiger partial charge on any atom is 0.191 e. The second-order valence-electron chi connectivity index (χ2n) is 3.80. The summed E-state index contributed by atoms with van der Waals surface area (Å²) in [5.41, 5.74) is 1.19. The Balaban J connectivity index is 2.04. The zero-order chi connectivity index (χ0) is 11.4. The first kappa shape index (κ1) is 10.8. The van der Waals surface area contributed by atoms with Crippen molar-refractivity contribution in [2.45, 2.75) is 13.0 Å². The number of methoxy groups -OCH3 is 1. The highest BCUT2D eigenvalue weighted by atomic mass is 16.5. The third-order valence-corrected chi connectivity index (χ3v) is 2.62. The van der Waals surface area contributed by atoms with Gasteiger partial charge in [0.2, 0.25) is 0 Å². The van der Waals surface area contributed by atoms with Crippen LogP contribution in [0.3, 0.4) is 0 Å². The standard InChI is InChI=1S/C12H17N3O/c1-9(15-12-13-6-7-14-12)10-4-3-5-11(8-10)16-2/h3-5,8-9H,6-7H2,1-2H3,(H2,13,14,15)/t9-/m1/s1. The maximum atomic E-state index is 5.20. The lowest BCUT2D eigenvalue weighted by molar-refractivity contribution is 0.413. The Morgan fingerprint density at radius 2 is 2.38 bits per heavy atom. The summed E-state index contributed by atoms with van der Waals surface area (Å²) in [5.74, 6) is 1.77. The van der Waals surface area contributed by atoms with Crippen molar-refractivity contribution in [1.29, 1.82) is 0 Å². The molecule has 0 fully saturated rings. The molecular weight excluding hydrogens is 202 g/mol. The Morgan fingerprint density at radius 3 is 3.06 bits per heavy atom. The lowest BCUT2D eigenvalue weighted by Gasteiger charge is -2.16. The molecule has 16 heavy (non-hydrogen) atoms. The van der Waals surface area contributed by atoms with Gasteiger partial charge in [0, 0.05) is 6.54 Å². The topological polar surface area (TPSA) is 45.6 Å². The van der Waals surface area contributed by atoms with E-state index in [1.165, 1.54) is 5.56 Å². The van der Waals surface area contributed by atoms with Gasteiger partial charge < -0.3 is 15.4 Å². The van der Waals surface area contributed by atoms with Gasteiger partial charge in [-0.25, -0.2) is 0 Å². The van der Waals surface area contributed by atoms with Gasteiger partial charge in [-0.1, -0.05) is 12.1 Å². The summed E-state index contributed by atoms with van der Waals surface area (Å²) in [7, 11) is 1.68. The van der Waals surface area contributed by atoms with Crippen LogP contribution in [0.5, 0.6) is 5.75 Å².